The number of benzene rings is 3. The lowest BCUT2D eigenvalue weighted by atomic mass is 10.1. The standard InChI is InChI=1S/C24H21N3OS/c1-18-11-13-19(14-12-18)16-28-23-10-6-5-9-21(23)15-25-27-24-26-22(17-29-24)20-7-3-2-4-8-20/h2-15,17H,16H2,1H3,(H,26,27)/b25-15-. The number of aromatic nitrogens is 1. The van der Waals surface area contributed by atoms with Gasteiger partial charge in [-0.15, -0.1) is 11.3 Å². The molecule has 4 nitrogen and oxygen atoms in total. The lowest BCUT2D eigenvalue weighted by molar-refractivity contribution is 0.306. The summed E-state index contributed by atoms with van der Waals surface area (Å²) < 4.78 is 6.00. The first-order chi connectivity index (χ1) is 14.3. The zero-order chi connectivity index (χ0) is 19.9. The Balaban J connectivity index is 1.40. The molecule has 0 unspecified atom stereocenters. The van der Waals surface area contributed by atoms with Gasteiger partial charge in [-0.1, -0.05) is 72.3 Å². The Hall–Kier alpha value is -3.44. The number of nitrogens with zero attached hydrogens (tertiary/aromatic N) is 2. The van der Waals surface area contributed by atoms with E-state index in [1.165, 1.54) is 16.9 Å². The lowest BCUT2D eigenvalue weighted by Gasteiger charge is -2.09. The second-order valence-corrected chi connectivity index (χ2v) is 7.44. The highest BCUT2D eigenvalue weighted by atomic mass is 32.1. The highest BCUT2D eigenvalue weighted by molar-refractivity contribution is 7.14. The number of rotatable bonds is 7. The molecule has 144 valence electrons. The van der Waals surface area contributed by atoms with E-state index >= 15 is 0 Å². The van der Waals surface area contributed by atoms with Gasteiger partial charge in [0.25, 0.3) is 0 Å². The minimum Gasteiger partial charge on any atom is -0.488 e. The van der Waals surface area contributed by atoms with Crippen molar-refractivity contribution < 1.29 is 4.74 Å². The summed E-state index contributed by atoms with van der Waals surface area (Å²) in [7, 11) is 0. The van der Waals surface area contributed by atoms with Gasteiger partial charge in [0.1, 0.15) is 12.4 Å². The van der Waals surface area contributed by atoms with Crippen LogP contribution in [0.3, 0.4) is 0 Å². The Morgan fingerprint density at radius 3 is 2.55 bits per heavy atom. The Labute approximate surface area is 174 Å². The Morgan fingerprint density at radius 2 is 1.72 bits per heavy atom. The predicted octanol–water partition coefficient (Wildman–Crippen LogP) is 6.14. The Bertz CT molecular complexity index is 1090. The summed E-state index contributed by atoms with van der Waals surface area (Å²) in [5.74, 6) is 0.794. The van der Waals surface area contributed by atoms with Crippen LogP contribution in [0.1, 0.15) is 16.7 Å². The van der Waals surface area contributed by atoms with Gasteiger partial charge in [-0.2, -0.15) is 5.10 Å². The molecule has 0 radical (unpaired) electrons. The number of hydrogen-bond acceptors (Lipinski definition) is 5. The largest absolute Gasteiger partial charge is 0.488 e. The summed E-state index contributed by atoms with van der Waals surface area (Å²) in [5, 5.41) is 7.11. The number of hydrogen-bond donors (Lipinski definition) is 1. The van der Waals surface area contributed by atoms with Gasteiger partial charge in [-0.3, -0.25) is 5.43 Å². The van der Waals surface area contributed by atoms with Crippen LogP contribution in [0.2, 0.25) is 0 Å². The van der Waals surface area contributed by atoms with E-state index in [0.29, 0.717) is 6.61 Å². The fraction of sp³-hybridized carbons (Fsp3) is 0.0833. The van der Waals surface area contributed by atoms with Crippen molar-refractivity contribution in [2.24, 2.45) is 5.10 Å². The van der Waals surface area contributed by atoms with Gasteiger partial charge < -0.3 is 4.74 Å². The quantitative estimate of drug-likeness (QED) is 0.300. The number of aryl methyl sites for hydroxylation is 1. The van der Waals surface area contributed by atoms with Crippen LogP contribution in [0.25, 0.3) is 11.3 Å². The third-order valence-electron chi connectivity index (χ3n) is 4.37. The molecule has 5 heteroatoms. The highest BCUT2D eigenvalue weighted by Gasteiger charge is 2.04. The highest BCUT2D eigenvalue weighted by Crippen LogP contribution is 2.24. The molecule has 29 heavy (non-hydrogen) atoms. The molecule has 0 aliphatic rings. The second kappa shape index (κ2) is 9.17. The summed E-state index contributed by atoms with van der Waals surface area (Å²) in [6, 6.07) is 26.3. The van der Waals surface area contributed by atoms with Crippen molar-refractivity contribution in [1.29, 1.82) is 0 Å². The topological polar surface area (TPSA) is 46.5 Å². The number of anilines is 1. The molecule has 0 saturated heterocycles. The van der Waals surface area contributed by atoms with Crippen LogP contribution in [0.4, 0.5) is 5.13 Å². The van der Waals surface area contributed by atoms with E-state index in [4.69, 9.17) is 4.74 Å². The third kappa shape index (κ3) is 5.09. The molecule has 4 rings (SSSR count). The van der Waals surface area contributed by atoms with E-state index in [2.05, 4.69) is 46.7 Å². The number of ether oxygens (including phenoxy) is 1. The van der Waals surface area contributed by atoms with Gasteiger partial charge >= 0.3 is 0 Å². The molecular weight excluding hydrogens is 378 g/mol. The lowest BCUT2D eigenvalue weighted by Crippen LogP contribution is -1.99. The molecule has 0 amide bonds. The molecule has 0 aliphatic carbocycles. The molecular formula is C24H21N3OS. The van der Waals surface area contributed by atoms with Crippen LogP contribution in [0.5, 0.6) is 5.75 Å². The summed E-state index contributed by atoms with van der Waals surface area (Å²) in [4.78, 5) is 4.58. The van der Waals surface area contributed by atoms with Gasteiger partial charge in [0, 0.05) is 16.5 Å². The average molecular weight is 400 g/mol. The molecule has 0 bridgehead atoms. The van der Waals surface area contributed by atoms with Crippen molar-refractivity contribution in [3.05, 3.63) is 101 Å². The molecule has 1 N–H and O–H groups in total. The molecule has 1 heterocycles. The normalized spacial score (nSPS) is 10.9. The van der Waals surface area contributed by atoms with Crippen LogP contribution in [0, 0.1) is 6.92 Å². The molecule has 0 fully saturated rings. The first-order valence-corrected chi connectivity index (χ1v) is 10.2. The zero-order valence-electron chi connectivity index (χ0n) is 16.1. The van der Waals surface area contributed by atoms with Gasteiger partial charge in [0.05, 0.1) is 11.9 Å². The SMILES string of the molecule is Cc1ccc(COc2ccccc2/C=N\Nc2nc(-c3ccccc3)cs2)cc1. The van der Waals surface area contributed by atoms with E-state index in [9.17, 15) is 0 Å². The fourth-order valence-corrected chi connectivity index (χ4v) is 3.46. The summed E-state index contributed by atoms with van der Waals surface area (Å²) in [5.41, 5.74) is 8.33. The maximum absolute atomic E-state index is 6.00. The molecule has 1 aromatic heterocycles. The van der Waals surface area contributed by atoms with Crippen molar-refractivity contribution in [3.63, 3.8) is 0 Å². The number of thiazole rings is 1. The van der Waals surface area contributed by atoms with Gasteiger partial charge in [-0.25, -0.2) is 4.98 Å². The fourth-order valence-electron chi connectivity index (χ4n) is 2.79. The number of para-hydroxylation sites is 1. The molecule has 0 atom stereocenters. The molecule has 0 spiro atoms. The van der Waals surface area contributed by atoms with Crippen LogP contribution in [0.15, 0.2) is 89.3 Å². The van der Waals surface area contributed by atoms with E-state index < -0.39 is 0 Å². The van der Waals surface area contributed by atoms with Crippen LogP contribution >= 0.6 is 11.3 Å². The molecule has 0 aliphatic heterocycles. The van der Waals surface area contributed by atoms with Crippen molar-refractivity contribution in [1.82, 2.24) is 4.98 Å². The van der Waals surface area contributed by atoms with Crippen molar-refractivity contribution in [2.45, 2.75) is 13.5 Å². The maximum Gasteiger partial charge on any atom is 0.203 e. The summed E-state index contributed by atoms with van der Waals surface area (Å²) in [6.45, 7) is 2.60. The maximum atomic E-state index is 6.00. The van der Waals surface area contributed by atoms with Crippen molar-refractivity contribution in [2.75, 3.05) is 5.43 Å². The van der Waals surface area contributed by atoms with E-state index in [0.717, 1.165) is 33.3 Å². The third-order valence-corrected chi connectivity index (χ3v) is 5.12. The molecule has 0 saturated carbocycles. The van der Waals surface area contributed by atoms with Crippen LogP contribution in [-0.2, 0) is 6.61 Å². The van der Waals surface area contributed by atoms with Gasteiger partial charge in [0.15, 0.2) is 0 Å². The van der Waals surface area contributed by atoms with Gasteiger partial charge in [-0.05, 0) is 24.6 Å². The second-order valence-electron chi connectivity index (χ2n) is 6.59. The minimum atomic E-state index is 0.519. The zero-order valence-corrected chi connectivity index (χ0v) is 16.9. The average Bonchev–Trinajstić information content (AvgIpc) is 3.24. The first kappa shape index (κ1) is 18.9. The van der Waals surface area contributed by atoms with Crippen LogP contribution < -0.4 is 10.2 Å². The predicted molar refractivity (Wildman–Crippen MR) is 121 cm³/mol. The smallest absolute Gasteiger partial charge is 0.203 e. The number of hydrazone groups is 1. The first-order valence-electron chi connectivity index (χ1n) is 9.35. The number of nitrogens with one attached hydrogen (secondary N) is 1. The molecule has 3 aromatic carbocycles. The molecule has 4 aromatic rings. The van der Waals surface area contributed by atoms with E-state index in [1.54, 1.807) is 6.21 Å². The van der Waals surface area contributed by atoms with E-state index in [1.807, 2.05) is 60.0 Å². The van der Waals surface area contributed by atoms with Crippen molar-refractivity contribution in [3.8, 4) is 17.0 Å². The Morgan fingerprint density at radius 1 is 0.966 bits per heavy atom. The Kier molecular flexibility index (Phi) is 5.98. The minimum absolute atomic E-state index is 0.519. The van der Waals surface area contributed by atoms with Crippen LogP contribution in [-0.4, -0.2) is 11.2 Å². The summed E-state index contributed by atoms with van der Waals surface area (Å²) in [6.07, 6.45) is 1.76. The van der Waals surface area contributed by atoms with E-state index in [-0.39, 0.29) is 0 Å². The van der Waals surface area contributed by atoms with Crippen molar-refractivity contribution >= 4 is 22.7 Å². The summed E-state index contributed by atoms with van der Waals surface area (Å²) >= 11 is 1.53. The monoisotopic (exact) mass is 399 g/mol. The van der Waals surface area contributed by atoms with Gasteiger partial charge in [0.2, 0.25) is 5.13 Å².